The molecule has 0 amide bonds. The van der Waals surface area contributed by atoms with Crippen LogP contribution in [-0.4, -0.2) is 27.0 Å². The molecule has 0 radical (unpaired) electrons. The van der Waals surface area contributed by atoms with E-state index in [9.17, 15) is 4.79 Å². The molecule has 1 rings (SSSR count). The summed E-state index contributed by atoms with van der Waals surface area (Å²) in [4.78, 5) is 11.8. The number of hydrogen-bond acceptors (Lipinski definition) is 3. The number of esters is 1. The van der Waals surface area contributed by atoms with Gasteiger partial charge in [-0.25, -0.2) is 4.79 Å². The Kier molecular flexibility index (Phi) is 4.78. The summed E-state index contributed by atoms with van der Waals surface area (Å²) in [7, 11) is -1.83. The van der Waals surface area contributed by atoms with Gasteiger partial charge in [0.2, 0.25) is 0 Å². The number of rotatable bonds is 4. The van der Waals surface area contributed by atoms with Crippen LogP contribution in [0.2, 0.25) is 18.1 Å². The van der Waals surface area contributed by atoms with Crippen LogP contribution in [0.4, 0.5) is 0 Å². The van der Waals surface area contributed by atoms with Crippen molar-refractivity contribution in [2.75, 3.05) is 6.61 Å². The Morgan fingerprint density at radius 1 is 1.44 bits per heavy atom. The first-order valence-electron chi connectivity index (χ1n) is 6.74. The number of allylic oxidation sites excluding steroid dienone is 1. The fourth-order valence-corrected chi connectivity index (χ4v) is 3.07. The van der Waals surface area contributed by atoms with Gasteiger partial charge in [0.05, 0.1) is 18.3 Å². The molecule has 0 N–H and O–H groups in total. The van der Waals surface area contributed by atoms with Crippen molar-refractivity contribution in [1.29, 1.82) is 0 Å². The molecule has 0 heterocycles. The van der Waals surface area contributed by atoms with Crippen molar-refractivity contribution in [2.45, 2.75) is 64.8 Å². The summed E-state index contributed by atoms with van der Waals surface area (Å²) in [5, 5.41) is 0.162. The average Bonchev–Trinajstić information content (AvgIpc) is 2.63. The van der Waals surface area contributed by atoms with Gasteiger partial charge in [-0.2, -0.15) is 0 Å². The standard InChI is InChI=1S/C14H26O3Si/c1-7-16-13(15)11-9-8-10-12(11)17-18(5,6)14(2,3)4/h9,12H,7-8,10H2,1-6H3/t12-/m0/s1. The van der Waals surface area contributed by atoms with Crippen LogP contribution in [0, 0.1) is 0 Å². The molecule has 0 aromatic carbocycles. The molecule has 0 spiro atoms. The SMILES string of the molecule is CCOC(=O)C1=CCC[C@@H]1O[Si](C)(C)C(C)(C)C. The van der Waals surface area contributed by atoms with Crippen molar-refractivity contribution in [2.24, 2.45) is 0 Å². The summed E-state index contributed by atoms with van der Waals surface area (Å²) in [5.41, 5.74) is 0.724. The van der Waals surface area contributed by atoms with Gasteiger partial charge in [0, 0.05) is 0 Å². The van der Waals surface area contributed by atoms with Gasteiger partial charge >= 0.3 is 5.97 Å². The highest BCUT2D eigenvalue weighted by molar-refractivity contribution is 6.74. The van der Waals surface area contributed by atoms with Gasteiger partial charge in [-0.1, -0.05) is 26.8 Å². The lowest BCUT2D eigenvalue weighted by Gasteiger charge is -2.38. The molecule has 3 nitrogen and oxygen atoms in total. The van der Waals surface area contributed by atoms with Crippen LogP contribution in [-0.2, 0) is 14.0 Å². The van der Waals surface area contributed by atoms with E-state index < -0.39 is 8.32 Å². The van der Waals surface area contributed by atoms with E-state index in [2.05, 4.69) is 33.9 Å². The van der Waals surface area contributed by atoms with Crippen molar-refractivity contribution in [3.05, 3.63) is 11.6 Å². The molecule has 0 fully saturated rings. The van der Waals surface area contributed by atoms with E-state index in [0.29, 0.717) is 6.61 Å². The normalized spacial score (nSPS) is 20.8. The molecule has 0 bridgehead atoms. The molecule has 1 aliphatic carbocycles. The van der Waals surface area contributed by atoms with Crippen molar-refractivity contribution in [3.8, 4) is 0 Å². The summed E-state index contributed by atoms with van der Waals surface area (Å²) in [6.45, 7) is 13.3. The molecule has 0 saturated heterocycles. The van der Waals surface area contributed by atoms with Gasteiger partial charge in [0.1, 0.15) is 0 Å². The zero-order chi connectivity index (χ0) is 14.0. The molecule has 1 aliphatic rings. The molecule has 0 unspecified atom stereocenters. The number of ether oxygens (including phenoxy) is 1. The highest BCUT2D eigenvalue weighted by Crippen LogP contribution is 2.39. The van der Waals surface area contributed by atoms with E-state index in [1.54, 1.807) is 0 Å². The fraction of sp³-hybridized carbons (Fsp3) is 0.786. The first kappa shape index (κ1) is 15.4. The van der Waals surface area contributed by atoms with Gasteiger partial charge < -0.3 is 9.16 Å². The Morgan fingerprint density at radius 2 is 2.06 bits per heavy atom. The largest absolute Gasteiger partial charge is 0.463 e. The minimum Gasteiger partial charge on any atom is -0.463 e. The van der Waals surface area contributed by atoms with E-state index >= 15 is 0 Å². The maximum absolute atomic E-state index is 11.8. The first-order chi connectivity index (χ1) is 8.19. The Labute approximate surface area is 112 Å². The second-order valence-corrected chi connectivity index (χ2v) is 11.1. The number of carbonyl (C=O) groups is 1. The van der Waals surface area contributed by atoms with Gasteiger partial charge in [-0.05, 0) is 37.9 Å². The highest BCUT2D eigenvalue weighted by atomic mass is 28.4. The Balaban J connectivity index is 2.74. The van der Waals surface area contributed by atoms with E-state index in [1.165, 1.54) is 0 Å². The lowest BCUT2D eigenvalue weighted by molar-refractivity contribution is -0.139. The molecule has 0 aromatic heterocycles. The Morgan fingerprint density at radius 3 is 2.56 bits per heavy atom. The average molecular weight is 270 g/mol. The van der Waals surface area contributed by atoms with Crippen molar-refractivity contribution < 1.29 is 14.0 Å². The lowest BCUT2D eigenvalue weighted by atomic mass is 10.2. The van der Waals surface area contributed by atoms with Crippen LogP contribution in [0.5, 0.6) is 0 Å². The van der Waals surface area contributed by atoms with E-state index in [-0.39, 0.29) is 17.1 Å². The molecule has 0 aromatic rings. The number of hydrogen-bond donors (Lipinski definition) is 0. The molecule has 104 valence electrons. The summed E-state index contributed by atoms with van der Waals surface area (Å²) in [5.74, 6) is -0.210. The molecule has 4 heteroatoms. The maximum Gasteiger partial charge on any atom is 0.336 e. The predicted molar refractivity (Wildman–Crippen MR) is 76.0 cm³/mol. The summed E-state index contributed by atoms with van der Waals surface area (Å²) >= 11 is 0. The highest BCUT2D eigenvalue weighted by Gasteiger charge is 2.41. The van der Waals surface area contributed by atoms with Crippen molar-refractivity contribution >= 4 is 14.3 Å². The maximum atomic E-state index is 11.8. The third kappa shape index (κ3) is 3.45. The fourth-order valence-electron chi connectivity index (χ4n) is 1.76. The minimum absolute atomic E-state index is 0.0649. The molecule has 0 saturated carbocycles. The lowest BCUT2D eigenvalue weighted by Crippen LogP contribution is -2.44. The molecule has 1 atom stereocenters. The summed E-state index contributed by atoms with van der Waals surface area (Å²) in [6.07, 6.45) is 3.72. The molecular weight excluding hydrogens is 244 g/mol. The van der Waals surface area contributed by atoms with E-state index in [1.807, 2.05) is 13.0 Å². The Hall–Kier alpha value is -0.613. The predicted octanol–water partition coefficient (Wildman–Crippen LogP) is 3.66. The van der Waals surface area contributed by atoms with Gasteiger partial charge in [0.15, 0.2) is 8.32 Å². The van der Waals surface area contributed by atoms with Crippen LogP contribution in [0.3, 0.4) is 0 Å². The zero-order valence-corrected chi connectivity index (χ0v) is 13.5. The topological polar surface area (TPSA) is 35.5 Å². The van der Waals surface area contributed by atoms with Gasteiger partial charge in [0.25, 0.3) is 0 Å². The minimum atomic E-state index is -1.83. The molecular formula is C14H26O3Si. The monoisotopic (exact) mass is 270 g/mol. The van der Waals surface area contributed by atoms with E-state index in [4.69, 9.17) is 9.16 Å². The summed E-state index contributed by atoms with van der Waals surface area (Å²) < 4.78 is 11.4. The van der Waals surface area contributed by atoms with Crippen LogP contribution in [0.1, 0.15) is 40.5 Å². The quantitative estimate of drug-likeness (QED) is 0.577. The van der Waals surface area contributed by atoms with Gasteiger partial charge in [-0.3, -0.25) is 0 Å². The molecule has 0 aliphatic heterocycles. The first-order valence-corrected chi connectivity index (χ1v) is 9.65. The Bertz CT molecular complexity index is 339. The second-order valence-electron chi connectivity index (χ2n) is 6.32. The summed E-state index contributed by atoms with van der Waals surface area (Å²) in [6, 6.07) is 0. The smallest absolute Gasteiger partial charge is 0.336 e. The van der Waals surface area contributed by atoms with Crippen molar-refractivity contribution in [1.82, 2.24) is 0 Å². The van der Waals surface area contributed by atoms with Crippen LogP contribution < -0.4 is 0 Å². The van der Waals surface area contributed by atoms with Crippen LogP contribution in [0.15, 0.2) is 11.6 Å². The zero-order valence-electron chi connectivity index (χ0n) is 12.5. The van der Waals surface area contributed by atoms with Crippen molar-refractivity contribution in [3.63, 3.8) is 0 Å². The van der Waals surface area contributed by atoms with Gasteiger partial charge in [-0.15, -0.1) is 0 Å². The number of carbonyl (C=O) groups excluding carboxylic acids is 1. The van der Waals surface area contributed by atoms with E-state index in [0.717, 1.165) is 18.4 Å². The molecule has 18 heavy (non-hydrogen) atoms. The third-order valence-corrected chi connectivity index (χ3v) is 8.38. The second kappa shape index (κ2) is 5.57. The van der Waals surface area contributed by atoms with Crippen LogP contribution in [0.25, 0.3) is 0 Å². The van der Waals surface area contributed by atoms with Crippen LogP contribution >= 0.6 is 0 Å². The third-order valence-electron chi connectivity index (χ3n) is 3.89.